The van der Waals surface area contributed by atoms with Crippen LogP contribution in [0.25, 0.3) is 0 Å². The van der Waals surface area contributed by atoms with Gasteiger partial charge in [0, 0.05) is 0 Å². The molecule has 3 saturated heterocycles. The van der Waals surface area contributed by atoms with Crippen LogP contribution in [0, 0.1) is 0 Å². The van der Waals surface area contributed by atoms with E-state index in [4.69, 9.17) is 18.9 Å². The Morgan fingerprint density at radius 2 is 1.93 bits per heavy atom. The molecule has 0 aromatic carbocycles. The summed E-state index contributed by atoms with van der Waals surface area (Å²) >= 11 is 0. The van der Waals surface area contributed by atoms with Gasteiger partial charge in [0.2, 0.25) is 0 Å². The Morgan fingerprint density at radius 1 is 1.21 bits per heavy atom. The van der Waals surface area contributed by atoms with Gasteiger partial charge in [-0.15, -0.1) is 0 Å². The predicted octanol–water partition coefficient (Wildman–Crippen LogP) is -0.378. The molecule has 0 aliphatic carbocycles. The predicted molar refractivity (Wildman–Crippen MR) is 44.4 cm³/mol. The maximum absolute atomic E-state index is 9.89. The van der Waals surface area contributed by atoms with Crippen LogP contribution in [0.5, 0.6) is 0 Å². The lowest BCUT2D eigenvalue weighted by Crippen LogP contribution is -2.37. The number of fused-ring (bicyclic) bond motifs is 1. The number of rotatable bonds is 1. The fraction of sp³-hybridized carbons (Fsp3) is 1.00. The molecule has 80 valence electrons. The summed E-state index contributed by atoms with van der Waals surface area (Å²) < 4.78 is 21.7. The molecule has 2 unspecified atom stereocenters. The van der Waals surface area contributed by atoms with Gasteiger partial charge in [-0.2, -0.15) is 0 Å². The van der Waals surface area contributed by atoms with Gasteiger partial charge in [-0.25, -0.2) is 0 Å². The summed E-state index contributed by atoms with van der Waals surface area (Å²) in [4.78, 5) is 0. The molecule has 5 nitrogen and oxygen atoms in total. The molecule has 0 spiro atoms. The van der Waals surface area contributed by atoms with Gasteiger partial charge in [0.05, 0.1) is 6.61 Å². The van der Waals surface area contributed by atoms with E-state index in [0.717, 1.165) is 0 Å². The van der Waals surface area contributed by atoms with Gasteiger partial charge in [0.25, 0.3) is 0 Å². The van der Waals surface area contributed by atoms with Crippen molar-refractivity contribution in [2.45, 2.75) is 50.3 Å². The number of epoxide rings is 1. The van der Waals surface area contributed by atoms with Gasteiger partial charge in [0.1, 0.15) is 24.4 Å². The van der Waals surface area contributed by atoms with Crippen molar-refractivity contribution >= 4 is 0 Å². The maximum atomic E-state index is 9.89. The molecule has 3 heterocycles. The van der Waals surface area contributed by atoms with Crippen molar-refractivity contribution in [3.05, 3.63) is 0 Å². The zero-order valence-electron chi connectivity index (χ0n) is 8.17. The smallest absolute Gasteiger partial charge is 0.190 e. The quantitative estimate of drug-likeness (QED) is 0.587. The number of aliphatic hydroxyl groups is 1. The minimum Gasteiger partial charge on any atom is -0.387 e. The van der Waals surface area contributed by atoms with Gasteiger partial charge in [-0.1, -0.05) is 0 Å². The summed E-state index contributed by atoms with van der Waals surface area (Å²) in [6, 6.07) is 0. The van der Waals surface area contributed by atoms with Gasteiger partial charge < -0.3 is 24.1 Å². The highest BCUT2D eigenvalue weighted by molar-refractivity contribution is 4.98. The van der Waals surface area contributed by atoms with E-state index in [1.54, 1.807) is 0 Å². The van der Waals surface area contributed by atoms with Crippen LogP contribution in [0.3, 0.4) is 0 Å². The Labute approximate surface area is 81.9 Å². The Balaban J connectivity index is 1.74. The van der Waals surface area contributed by atoms with E-state index in [1.165, 1.54) is 0 Å². The first-order valence-corrected chi connectivity index (χ1v) is 4.88. The highest BCUT2D eigenvalue weighted by atomic mass is 16.8. The van der Waals surface area contributed by atoms with E-state index in [9.17, 15) is 5.11 Å². The van der Waals surface area contributed by atoms with Crippen molar-refractivity contribution in [2.24, 2.45) is 0 Å². The van der Waals surface area contributed by atoms with Gasteiger partial charge in [-0.05, 0) is 13.8 Å². The first-order chi connectivity index (χ1) is 6.57. The summed E-state index contributed by atoms with van der Waals surface area (Å²) in [6.45, 7) is 4.28. The fourth-order valence-corrected chi connectivity index (χ4v) is 2.07. The molecule has 1 N–H and O–H groups in total. The van der Waals surface area contributed by atoms with Crippen LogP contribution in [-0.2, 0) is 18.9 Å². The number of aliphatic hydroxyl groups excluding tert-OH is 1. The number of hydrogen-bond donors (Lipinski definition) is 1. The Kier molecular flexibility index (Phi) is 1.73. The molecule has 14 heavy (non-hydrogen) atoms. The van der Waals surface area contributed by atoms with Gasteiger partial charge >= 0.3 is 0 Å². The second-order valence-electron chi connectivity index (χ2n) is 4.43. The molecule has 0 amide bonds. The lowest BCUT2D eigenvalue weighted by Gasteiger charge is -2.21. The zero-order valence-corrected chi connectivity index (χ0v) is 8.17. The van der Waals surface area contributed by atoms with Crippen molar-refractivity contribution in [3.63, 3.8) is 0 Å². The third kappa shape index (κ3) is 1.28. The van der Waals surface area contributed by atoms with Crippen LogP contribution < -0.4 is 0 Å². The third-order valence-electron chi connectivity index (χ3n) is 2.78. The molecule has 3 aliphatic rings. The Hall–Kier alpha value is -0.200. The van der Waals surface area contributed by atoms with Crippen LogP contribution in [0.1, 0.15) is 13.8 Å². The molecule has 0 aromatic rings. The number of ether oxygens (including phenoxy) is 4. The maximum Gasteiger partial charge on any atom is 0.190 e. The Bertz CT molecular complexity index is 248. The molecular weight excluding hydrogens is 188 g/mol. The van der Waals surface area contributed by atoms with Crippen molar-refractivity contribution in [3.8, 4) is 0 Å². The SMILES string of the molecule is CC1(C)O[C@@H]2OC([C@H]3CO3)C(O)[C@@H]2O1. The van der Waals surface area contributed by atoms with Crippen molar-refractivity contribution in [2.75, 3.05) is 6.61 Å². The lowest BCUT2D eigenvalue weighted by atomic mass is 10.1. The van der Waals surface area contributed by atoms with E-state index >= 15 is 0 Å². The Morgan fingerprint density at radius 3 is 2.50 bits per heavy atom. The van der Waals surface area contributed by atoms with E-state index in [1.807, 2.05) is 13.8 Å². The first kappa shape index (κ1) is 9.06. The van der Waals surface area contributed by atoms with Crippen molar-refractivity contribution in [1.29, 1.82) is 0 Å². The van der Waals surface area contributed by atoms with E-state index in [2.05, 4.69) is 0 Å². The summed E-state index contributed by atoms with van der Waals surface area (Å²) in [5.41, 5.74) is 0. The molecule has 3 rings (SSSR count). The van der Waals surface area contributed by atoms with Crippen molar-refractivity contribution in [1.82, 2.24) is 0 Å². The second-order valence-corrected chi connectivity index (χ2v) is 4.43. The number of hydrogen-bond acceptors (Lipinski definition) is 5. The average Bonchev–Trinajstić information content (AvgIpc) is 2.81. The molecule has 3 fully saturated rings. The standard InChI is InChI=1S/C9H14O5/c1-9(2)13-7-5(10)6(4-3-11-4)12-8(7)14-9/h4-8,10H,3H2,1-2H3/t4-,5?,6?,7+,8+/m1/s1. The minimum absolute atomic E-state index is 0.0194. The molecule has 0 radical (unpaired) electrons. The second kappa shape index (κ2) is 2.68. The molecule has 0 saturated carbocycles. The minimum atomic E-state index is -0.661. The average molecular weight is 202 g/mol. The topological polar surface area (TPSA) is 60.5 Å². The molecule has 3 aliphatic heterocycles. The van der Waals surface area contributed by atoms with Gasteiger partial charge in [0.15, 0.2) is 12.1 Å². The normalized spacial score (nSPS) is 54.6. The van der Waals surface area contributed by atoms with Crippen molar-refractivity contribution < 1.29 is 24.1 Å². The molecule has 0 aromatic heterocycles. The van der Waals surface area contributed by atoms with Crippen LogP contribution in [-0.4, -0.2) is 48.2 Å². The van der Waals surface area contributed by atoms with E-state index in [0.29, 0.717) is 6.61 Å². The van der Waals surface area contributed by atoms with Crippen LogP contribution in [0.4, 0.5) is 0 Å². The largest absolute Gasteiger partial charge is 0.387 e. The first-order valence-electron chi connectivity index (χ1n) is 4.88. The van der Waals surface area contributed by atoms with Crippen LogP contribution >= 0.6 is 0 Å². The highest BCUT2D eigenvalue weighted by Gasteiger charge is 2.58. The van der Waals surface area contributed by atoms with E-state index in [-0.39, 0.29) is 18.3 Å². The summed E-state index contributed by atoms with van der Waals surface area (Å²) in [6.07, 6.45) is -1.74. The monoisotopic (exact) mass is 202 g/mol. The summed E-state index contributed by atoms with van der Waals surface area (Å²) in [7, 11) is 0. The molecular formula is C9H14O5. The molecule has 5 heteroatoms. The van der Waals surface area contributed by atoms with Crippen LogP contribution in [0.2, 0.25) is 0 Å². The molecule has 5 atom stereocenters. The zero-order chi connectivity index (χ0) is 9.92. The molecule has 0 bridgehead atoms. The highest BCUT2D eigenvalue weighted by Crippen LogP contribution is 2.40. The lowest BCUT2D eigenvalue weighted by molar-refractivity contribution is -0.216. The third-order valence-corrected chi connectivity index (χ3v) is 2.78. The fourth-order valence-electron chi connectivity index (χ4n) is 2.07. The summed E-state index contributed by atoms with van der Waals surface area (Å²) in [5.74, 6) is -0.661. The summed E-state index contributed by atoms with van der Waals surface area (Å²) in [5, 5.41) is 9.89. The van der Waals surface area contributed by atoms with Crippen LogP contribution in [0.15, 0.2) is 0 Å². The van der Waals surface area contributed by atoms with Gasteiger partial charge in [-0.3, -0.25) is 0 Å². The van der Waals surface area contributed by atoms with E-state index < -0.39 is 18.2 Å².